The van der Waals surface area contributed by atoms with Gasteiger partial charge in [0.1, 0.15) is 49.5 Å². The fourth-order valence-electron chi connectivity index (χ4n) is 8.03. The zero-order valence-electron chi connectivity index (χ0n) is 44.9. The molecule has 1 aliphatic heterocycles. The summed E-state index contributed by atoms with van der Waals surface area (Å²) >= 11 is 0. The fraction of sp³-hybridized carbons (Fsp3) is 0.536. The van der Waals surface area contributed by atoms with Crippen molar-refractivity contribution in [2.45, 2.75) is 144 Å². The van der Waals surface area contributed by atoms with Crippen molar-refractivity contribution in [1.82, 2.24) is 24.9 Å². The topological polar surface area (TPSA) is 209 Å². The number of nitrogens with one attached hydrogen (secondary N) is 1. The molecule has 0 bridgehead atoms. The number of likely N-dealkylation sites (N-methyl/N-ethyl adjacent to an activating group) is 3. The molecule has 17 heteroatoms. The van der Waals surface area contributed by atoms with E-state index in [1.165, 1.54) is 26.6 Å². The highest BCUT2D eigenvalue weighted by Crippen LogP contribution is 2.27. The molecule has 3 aromatic carbocycles. The summed E-state index contributed by atoms with van der Waals surface area (Å²) in [4.78, 5) is 110. The van der Waals surface area contributed by atoms with Crippen molar-refractivity contribution in [3.05, 3.63) is 107 Å². The summed E-state index contributed by atoms with van der Waals surface area (Å²) in [7, 11) is 3.05. The molecule has 73 heavy (non-hydrogen) atoms. The number of nitrogens with zero attached hydrogens (tertiary/aromatic N) is 4. The standard InChI is InChI=1S/C42H60N4O8.C14H19NO4/c1-11-29(4)33(25-36(47)53-27-32-16-14-13-15-17-32)39(50)44(10)30(5)38(49)46-23-22-34(46)41(52)45(12-2)35(24-31-20-18-28(3)19-21-31)40(51)43(9)26-37(48)54-42(6,7)8;1-3-10(2)12(13(16)17)15-14(18)19-9-11-7-5-4-6-8-11/h13-21,29-30,33-35H,11-12,22-27H2,1-10H3;4-8,10,12H,3,9H2,1-2H3,(H,15,18)(H,16,17)/t29-,30-,33-,34-,35-;10-,12-/m00/s1. The van der Waals surface area contributed by atoms with Gasteiger partial charge >= 0.3 is 24.0 Å². The minimum absolute atomic E-state index is 0.0997. The number of carbonyl (C=O) groups excluding carboxylic acids is 7. The molecule has 5 amide bonds. The number of alkyl carbamates (subject to hydrolysis) is 1. The van der Waals surface area contributed by atoms with E-state index >= 15 is 0 Å². The van der Waals surface area contributed by atoms with Crippen LogP contribution in [0.15, 0.2) is 84.9 Å². The molecule has 3 aromatic rings. The number of hydrogen-bond donors (Lipinski definition) is 2. The van der Waals surface area contributed by atoms with E-state index in [4.69, 9.17) is 19.3 Å². The number of rotatable bonds is 23. The fourth-order valence-corrected chi connectivity index (χ4v) is 8.03. The van der Waals surface area contributed by atoms with Gasteiger partial charge in [-0.05, 0) is 76.5 Å². The lowest BCUT2D eigenvalue weighted by Crippen LogP contribution is -2.65. The average molecular weight is 1010 g/mol. The lowest BCUT2D eigenvalue weighted by Gasteiger charge is -2.45. The summed E-state index contributed by atoms with van der Waals surface area (Å²) in [5.74, 6) is -4.67. The zero-order chi connectivity index (χ0) is 54.6. The van der Waals surface area contributed by atoms with Crippen LogP contribution in [-0.2, 0) is 67.4 Å². The van der Waals surface area contributed by atoms with Gasteiger partial charge in [-0.25, -0.2) is 9.59 Å². The first-order valence-electron chi connectivity index (χ1n) is 25.2. The number of carbonyl (C=O) groups is 8. The number of hydrogen-bond acceptors (Lipinski definition) is 11. The van der Waals surface area contributed by atoms with Crippen LogP contribution in [0.1, 0.15) is 110 Å². The summed E-state index contributed by atoms with van der Waals surface area (Å²) in [6, 6.07) is 22.6. The van der Waals surface area contributed by atoms with Gasteiger partial charge in [0.25, 0.3) is 0 Å². The Morgan fingerprint density at radius 3 is 1.77 bits per heavy atom. The first-order valence-corrected chi connectivity index (χ1v) is 25.2. The van der Waals surface area contributed by atoms with Gasteiger partial charge in [-0.1, -0.05) is 131 Å². The molecular weight excluding hydrogens is 935 g/mol. The third-order valence-corrected chi connectivity index (χ3v) is 13.1. The molecule has 0 radical (unpaired) electrons. The van der Waals surface area contributed by atoms with E-state index in [1.54, 1.807) is 48.6 Å². The predicted molar refractivity (Wildman–Crippen MR) is 276 cm³/mol. The molecule has 1 saturated heterocycles. The molecule has 4 rings (SSSR count). The maximum Gasteiger partial charge on any atom is 0.408 e. The molecule has 0 unspecified atom stereocenters. The minimum atomic E-state index is -1.05. The lowest BCUT2D eigenvalue weighted by molar-refractivity contribution is -0.163. The lowest BCUT2D eigenvalue weighted by atomic mass is 9.87. The van der Waals surface area contributed by atoms with Gasteiger partial charge in [0.15, 0.2) is 0 Å². The highest BCUT2D eigenvalue weighted by Gasteiger charge is 2.45. The first-order chi connectivity index (χ1) is 34.4. The molecule has 1 fully saturated rings. The van der Waals surface area contributed by atoms with Crippen LogP contribution in [0.2, 0.25) is 0 Å². The van der Waals surface area contributed by atoms with Gasteiger partial charge in [0.05, 0.1) is 12.3 Å². The van der Waals surface area contributed by atoms with E-state index in [2.05, 4.69) is 5.32 Å². The molecule has 17 nitrogen and oxygen atoms in total. The van der Waals surface area contributed by atoms with E-state index in [0.717, 1.165) is 22.3 Å². The Labute approximate surface area is 431 Å². The summed E-state index contributed by atoms with van der Waals surface area (Å²) in [5, 5.41) is 11.4. The Balaban J connectivity index is 0.000000619. The average Bonchev–Trinajstić information content (AvgIpc) is 3.34. The number of aliphatic carboxylic acids is 1. The van der Waals surface area contributed by atoms with Crippen LogP contribution in [0.4, 0.5) is 4.79 Å². The summed E-state index contributed by atoms with van der Waals surface area (Å²) in [6.45, 7) is 18.5. The third kappa shape index (κ3) is 19.0. The quantitative estimate of drug-likeness (QED) is 0.0714. The molecule has 0 aliphatic carbocycles. The Morgan fingerprint density at radius 2 is 1.29 bits per heavy atom. The molecule has 2 N–H and O–H groups in total. The minimum Gasteiger partial charge on any atom is -0.480 e. The van der Waals surface area contributed by atoms with E-state index in [-0.39, 0.29) is 62.8 Å². The zero-order valence-corrected chi connectivity index (χ0v) is 44.9. The maximum atomic E-state index is 14.3. The number of benzene rings is 3. The normalized spacial score (nSPS) is 15.5. The molecule has 0 saturated carbocycles. The number of carboxylic acids is 1. The second-order valence-corrected chi connectivity index (χ2v) is 19.8. The third-order valence-electron chi connectivity index (χ3n) is 13.1. The van der Waals surface area contributed by atoms with Crippen LogP contribution in [0, 0.1) is 24.7 Å². The number of ether oxygens (including phenoxy) is 3. The second kappa shape index (κ2) is 29.1. The van der Waals surface area contributed by atoms with Crippen molar-refractivity contribution in [3.63, 3.8) is 0 Å². The Morgan fingerprint density at radius 1 is 0.740 bits per heavy atom. The largest absolute Gasteiger partial charge is 0.480 e. The van der Waals surface area contributed by atoms with E-state index < -0.39 is 71.5 Å². The first kappa shape index (κ1) is 60.5. The molecule has 1 heterocycles. The van der Waals surface area contributed by atoms with Gasteiger partial charge in [-0.2, -0.15) is 0 Å². The number of likely N-dealkylation sites (tertiary alicyclic amines) is 1. The highest BCUT2D eigenvalue weighted by molar-refractivity contribution is 5.96. The maximum absolute atomic E-state index is 14.3. The van der Waals surface area contributed by atoms with Crippen LogP contribution in [0.25, 0.3) is 0 Å². The molecule has 1 aliphatic rings. The van der Waals surface area contributed by atoms with Gasteiger partial charge in [-0.15, -0.1) is 0 Å². The summed E-state index contributed by atoms with van der Waals surface area (Å²) < 4.78 is 15.9. The van der Waals surface area contributed by atoms with Crippen LogP contribution >= 0.6 is 0 Å². The van der Waals surface area contributed by atoms with Gasteiger partial charge in [-0.3, -0.25) is 28.8 Å². The van der Waals surface area contributed by atoms with E-state index in [1.807, 2.05) is 113 Å². The van der Waals surface area contributed by atoms with Gasteiger partial charge < -0.3 is 44.2 Å². The van der Waals surface area contributed by atoms with Gasteiger partial charge in [0.2, 0.25) is 23.6 Å². The highest BCUT2D eigenvalue weighted by atomic mass is 16.6. The Kier molecular flexibility index (Phi) is 24.1. The molecule has 400 valence electrons. The van der Waals surface area contributed by atoms with Crippen molar-refractivity contribution in [1.29, 1.82) is 0 Å². The molecule has 0 spiro atoms. The number of carboxylic acid groups (broad SMARTS) is 1. The van der Waals surface area contributed by atoms with Crippen LogP contribution in [0.5, 0.6) is 0 Å². The summed E-state index contributed by atoms with van der Waals surface area (Å²) in [5.41, 5.74) is 2.85. The van der Waals surface area contributed by atoms with Crippen LogP contribution in [-0.4, -0.2) is 136 Å². The summed E-state index contributed by atoms with van der Waals surface area (Å²) in [6.07, 6.45) is 1.07. The van der Waals surface area contributed by atoms with Crippen molar-refractivity contribution >= 4 is 47.6 Å². The number of esters is 2. The van der Waals surface area contributed by atoms with Crippen LogP contribution in [0.3, 0.4) is 0 Å². The smallest absolute Gasteiger partial charge is 0.408 e. The monoisotopic (exact) mass is 1010 g/mol. The molecule has 0 aromatic heterocycles. The van der Waals surface area contributed by atoms with Crippen molar-refractivity contribution in [2.75, 3.05) is 33.7 Å². The van der Waals surface area contributed by atoms with Gasteiger partial charge in [0, 0.05) is 33.6 Å². The van der Waals surface area contributed by atoms with Crippen molar-refractivity contribution in [2.24, 2.45) is 17.8 Å². The van der Waals surface area contributed by atoms with Crippen molar-refractivity contribution < 1.29 is 57.7 Å². The van der Waals surface area contributed by atoms with Crippen LogP contribution < -0.4 is 5.32 Å². The van der Waals surface area contributed by atoms with E-state index in [9.17, 15) is 38.4 Å². The van der Waals surface area contributed by atoms with E-state index in [0.29, 0.717) is 25.8 Å². The number of aryl methyl sites for hydroxylation is 1. The molecule has 7 atom stereocenters. The SMILES string of the molecule is CC[C@H](C)[C@H](CC(=O)OCc1ccccc1)C(=O)N(C)[C@@H](C)C(=O)N1CC[C@H]1C(=O)N(CC)[C@@H](Cc1ccc(C)cc1)C(=O)N(C)CC(=O)OC(C)(C)C.CC[C@H](C)[C@H](NC(=O)OCc1ccccc1)C(=O)O. The Hall–Kier alpha value is -6.78. The Bertz CT molecular complexity index is 2290. The number of amides is 5. The molecular formula is C56H79N5O12. The predicted octanol–water partition coefficient (Wildman–Crippen LogP) is 7.21. The second-order valence-electron chi connectivity index (χ2n) is 19.8. The van der Waals surface area contributed by atoms with Crippen molar-refractivity contribution in [3.8, 4) is 0 Å².